The average molecular weight is 736 g/mol. The van der Waals surface area contributed by atoms with Crippen LogP contribution in [0, 0.1) is 0 Å². The molecule has 2 heteroatoms. The van der Waals surface area contributed by atoms with E-state index in [0.717, 1.165) is 19.3 Å². The fourth-order valence-electron chi connectivity index (χ4n) is 8.57. The number of nitrogens with zero attached hydrogens (tertiary/aromatic N) is 1. The summed E-state index contributed by atoms with van der Waals surface area (Å²) in [4.78, 5) is 2.47. The van der Waals surface area contributed by atoms with Crippen LogP contribution in [0.5, 0.6) is 0 Å². The van der Waals surface area contributed by atoms with Gasteiger partial charge in [0.1, 0.15) is 0 Å². The van der Waals surface area contributed by atoms with Crippen LogP contribution in [0.1, 0.15) is 40.7 Å². The topological polar surface area (TPSA) is 3.24 Å². The number of allylic oxidation sites excluding steroid dienone is 3. The molecule has 7 aromatic carbocycles. The Kier molecular flexibility index (Phi) is 9.11. The van der Waals surface area contributed by atoms with Gasteiger partial charge in [-0.25, -0.2) is 0 Å². The Balaban J connectivity index is 0.936. The molecule has 0 aliphatic heterocycles. The molecule has 1 aromatic heterocycles. The van der Waals surface area contributed by atoms with Gasteiger partial charge in [-0.1, -0.05) is 176 Å². The van der Waals surface area contributed by atoms with Gasteiger partial charge in [-0.15, -0.1) is 11.3 Å². The highest BCUT2D eigenvalue weighted by molar-refractivity contribution is 7.25. The highest BCUT2D eigenvalue weighted by atomic mass is 32.1. The summed E-state index contributed by atoms with van der Waals surface area (Å²) < 4.78 is 2.63. The molecular formula is C54H41NS. The van der Waals surface area contributed by atoms with Crippen molar-refractivity contribution in [3.63, 3.8) is 0 Å². The number of thiophene rings is 1. The first-order chi connectivity index (χ1) is 27.8. The van der Waals surface area contributed by atoms with E-state index in [2.05, 4.69) is 211 Å². The number of hydrogen-bond acceptors (Lipinski definition) is 2. The molecule has 0 saturated carbocycles. The molecule has 1 heterocycles. The average Bonchev–Trinajstić information content (AvgIpc) is 3.64. The van der Waals surface area contributed by atoms with E-state index in [1.54, 1.807) is 0 Å². The number of para-hydroxylation sites is 1. The summed E-state index contributed by atoms with van der Waals surface area (Å²) in [7, 11) is 0. The predicted molar refractivity (Wildman–Crippen MR) is 243 cm³/mol. The zero-order valence-electron chi connectivity index (χ0n) is 31.2. The fourth-order valence-corrected chi connectivity index (χ4v) is 9.76. The molecule has 1 unspecified atom stereocenters. The zero-order valence-corrected chi connectivity index (χ0v) is 32.0. The highest BCUT2D eigenvalue weighted by Gasteiger charge is 2.23. The van der Waals surface area contributed by atoms with Crippen LogP contribution in [0.3, 0.4) is 0 Å². The van der Waals surface area contributed by atoms with Crippen molar-refractivity contribution in [1.29, 1.82) is 0 Å². The molecule has 268 valence electrons. The summed E-state index contributed by atoms with van der Waals surface area (Å²) >= 11 is 1.88. The molecule has 10 rings (SSSR count). The highest BCUT2D eigenvalue weighted by Crippen LogP contribution is 2.44. The third-order valence-electron chi connectivity index (χ3n) is 11.3. The summed E-state index contributed by atoms with van der Waals surface area (Å²) in [6.07, 6.45) is 18.9. The normalized spacial score (nSPS) is 15.0. The van der Waals surface area contributed by atoms with Crippen LogP contribution in [0.4, 0.5) is 11.4 Å². The van der Waals surface area contributed by atoms with E-state index < -0.39 is 0 Å². The Morgan fingerprint density at radius 3 is 1.93 bits per heavy atom. The zero-order chi connectivity index (χ0) is 37.3. The van der Waals surface area contributed by atoms with Crippen molar-refractivity contribution in [3.05, 3.63) is 222 Å². The van der Waals surface area contributed by atoms with Crippen molar-refractivity contribution < 1.29 is 0 Å². The van der Waals surface area contributed by atoms with Gasteiger partial charge >= 0.3 is 0 Å². The maximum Gasteiger partial charge on any atom is 0.0559 e. The quantitative estimate of drug-likeness (QED) is 0.140. The van der Waals surface area contributed by atoms with Crippen LogP contribution >= 0.6 is 11.3 Å². The van der Waals surface area contributed by atoms with Gasteiger partial charge in [-0.3, -0.25) is 0 Å². The van der Waals surface area contributed by atoms with E-state index in [0.29, 0.717) is 0 Å². The van der Waals surface area contributed by atoms with Crippen molar-refractivity contribution in [1.82, 2.24) is 0 Å². The molecule has 2 aliphatic rings. The number of rotatable bonds is 8. The third kappa shape index (κ3) is 6.53. The Morgan fingerprint density at radius 2 is 1.18 bits per heavy atom. The van der Waals surface area contributed by atoms with E-state index in [1.807, 2.05) is 11.3 Å². The molecule has 1 nitrogen and oxygen atoms in total. The number of benzene rings is 7. The Morgan fingerprint density at radius 1 is 0.536 bits per heavy atom. The summed E-state index contributed by atoms with van der Waals surface area (Å²) in [6, 6.07) is 60.4. The number of anilines is 2. The predicted octanol–water partition coefficient (Wildman–Crippen LogP) is 15.0. The van der Waals surface area contributed by atoms with Gasteiger partial charge in [-0.05, 0) is 105 Å². The molecular weight excluding hydrogens is 695 g/mol. The van der Waals surface area contributed by atoms with Gasteiger partial charge in [0, 0.05) is 31.5 Å². The van der Waals surface area contributed by atoms with Crippen molar-refractivity contribution in [2.75, 3.05) is 4.90 Å². The van der Waals surface area contributed by atoms with Gasteiger partial charge in [0.05, 0.1) is 6.04 Å². The molecule has 0 saturated heterocycles. The monoisotopic (exact) mass is 735 g/mol. The maximum absolute atomic E-state index is 2.47. The van der Waals surface area contributed by atoms with Crippen LogP contribution in [0.15, 0.2) is 194 Å². The maximum atomic E-state index is 2.47. The van der Waals surface area contributed by atoms with Gasteiger partial charge in [0.25, 0.3) is 0 Å². The van der Waals surface area contributed by atoms with E-state index in [9.17, 15) is 0 Å². The molecule has 0 N–H and O–H groups in total. The van der Waals surface area contributed by atoms with Crippen molar-refractivity contribution in [2.45, 2.75) is 25.3 Å². The molecule has 1 atom stereocenters. The van der Waals surface area contributed by atoms with Crippen LogP contribution < -0.4 is 4.90 Å². The minimum absolute atomic E-state index is 0.287. The van der Waals surface area contributed by atoms with Gasteiger partial charge in [-0.2, -0.15) is 0 Å². The molecule has 2 aliphatic carbocycles. The first-order valence-corrected chi connectivity index (χ1v) is 20.5. The molecule has 0 bridgehead atoms. The first kappa shape index (κ1) is 34.0. The van der Waals surface area contributed by atoms with Crippen LogP contribution in [-0.4, -0.2) is 6.04 Å². The van der Waals surface area contributed by atoms with Crippen molar-refractivity contribution >= 4 is 60.6 Å². The largest absolute Gasteiger partial charge is 0.334 e. The van der Waals surface area contributed by atoms with Gasteiger partial charge in [0.2, 0.25) is 0 Å². The second-order valence-electron chi connectivity index (χ2n) is 14.7. The summed E-state index contributed by atoms with van der Waals surface area (Å²) in [5.74, 6) is 0. The SMILES string of the molecule is C1=CCC(N(c2ccccc2)c2ccc3c(c2)sc2cc(/C=C/c4ccc(-c5ccc(-c6ccccc6)c6c5CCC=C6c5ccccc5)cc4)ccc23)C=C1. The molecule has 0 spiro atoms. The Bertz CT molecular complexity index is 2800. The number of fused-ring (bicyclic) bond motifs is 4. The lowest BCUT2D eigenvalue weighted by Gasteiger charge is -2.32. The second kappa shape index (κ2) is 15.0. The first-order valence-electron chi connectivity index (χ1n) is 19.7. The minimum atomic E-state index is 0.287. The summed E-state index contributed by atoms with van der Waals surface area (Å²) in [6.45, 7) is 0. The van der Waals surface area contributed by atoms with E-state index in [4.69, 9.17) is 0 Å². The summed E-state index contributed by atoms with van der Waals surface area (Å²) in [5, 5.41) is 2.63. The number of hydrogen-bond donors (Lipinski definition) is 0. The lowest BCUT2D eigenvalue weighted by molar-refractivity contribution is 0.785. The summed E-state index contributed by atoms with van der Waals surface area (Å²) in [5.41, 5.74) is 15.4. The van der Waals surface area contributed by atoms with Gasteiger partial charge < -0.3 is 4.90 Å². The minimum Gasteiger partial charge on any atom is -0.334 e. The molecule has 0 fully saturated rings. The molecule has 56 heavy (non-hydrogen) atoms. The lowest BCUT2D eigenvalue weighted by Crippen LogP contribution is -2.29. The van der Waals surface area contributed by atoms with Crippen molar-refractivity contribution in [3.8, 4) is 22.3 Å². The van der Waals surface area contributed by atoms with E-state index in [1.165, 1.54) is 87.2 Å². The van der Waals surface area contributed by atoms with Crippen LogP contribution in [0.2, 0.25) is 0 Å². The van der Waals surface area contributed by atoms with Gasteiger partial charge in [0.15, 0.2) is 0 Å². The molecule has 0 amide bonds. The molecule has 0 radical (unpaired) electrons. The fraction of sp³-hybridized carbons (Fsp3) is 0.0741. The van der Waals surface area contributed by atoms with E-state index in [-0.39, 0.29) is 6.04 Å². The lowest BCUT2D eigenvalue weighted by atomic mass is 9.79. The molecule has 8 aromatic rings. The Hall–Kier alpha value is -6.48. The van der Waals surface area contributed by atoms with E-state index >= 15 is 0 Å². The van der Waals surface area contributed by atoms with Crippen LogP contribution in [0.25, 0.3) is 60.2 Å². The van der Waals surface area contributed by atoms with Crippen LogP contribution in [-0.2, 0) is 6.42 Å². The standard InChI is InChI=1S/C54H41NS/c1-5-14-40(15-6-1)47-22-13-23-51-46(34-35-48(54(47)51)41-16-7-2-8-17-41)42-29-26-38(27-30-42)24-25-39-28-32-49-50-33-31-45(37-53(50)56-52(49)36-39)55(43-18-9-3-10-19-43)44-20-11-4-12-21-44/h1-12,14-20,22,24-37,44H,13,21,23H2/b25-24+. The van der Waals surface area contributed by atoms with Crippen molar-refractivity contribution in [2.24, 2.45) is 0 Å². The third-order valence-corrected chi connectivity index (χ3v) is 12.4. The smallest absolute Gasteiger partial charge is 0.0559 e. The Labute approximate surface area is 333 Å². The second-order valence-corrected chi connectivity index (χ2v) is 15.8.